The molecule has 1 heterocycles. The number of nitrogens with zero attached hydrogens (tertiary/aromatic N) is 1. The highest BCUT2D eigenvalue weighted by atomic mass is 16.7. The van der Waals surface area contributed by atoms with E-state index < -0.39 is 66.1 Å². The smallest absolute Gasteiger partial charge is 0.303 e. The zero-order valence-corrected chi connectivity index (χ0v) is 19.2. The van der Waals surface area contributed by atoms with Crippen LogP contribution in [0.2, 0.25) is 0 Å². The molecule has 14 nitrogen and oxygen atoms in total. The fourth-order valence-electron chi connectivity index (χ4n) is 3.26. The van der Waals surface area contributed by atoms with Crippen molar-refractivity contribution >= 4 is 35.9 Å². The molecule has 2 rings (SSSR count). The average Bonchev–Trinajstić information content (AvgIpc) is 2.75. The Morgan fingerprint density at radius 1 is 0.943 bits per heavy atom. The van der Waals surface area contributed by atoms with Gasteiger partial charge in [-0.1, -0.05) is 0 Å². The maximum absolute atomic E-state index is 11.8. The van der Waals surface area contributed by atoms with Crippen LogP contribution in [0, 0.1) is 10.1 Å². The minimum absolute atomic E-state index is 0.188. The van der Waals surface area contributed by atoms with Crippen LogP contribution >= 0.6 is 0 Å². The highest BCUT2D eigenvalue weighted by Gasteiger charge is 2.53. The summed E-state index contributed by atoms with van der Waals surface area (Å²) in [6.07, 6.45) is -6.94. The number of non-ortho nitro benzene ring substituents is 1. The fraction of sp³-hybridized carbons (Fsp3) is 0.476. The second-order valence-corrected chi connectivity index (χ2v) is 7.28. The lowest BCUT2D eigenvalue weighted by molar-refractivity contribution is -0.384. The molecule has 35 heavy (non-hydrogen) atoms. The average molecular weight is 497 g/mol. The number of carbonyl (C=O) groups excluding carboxylic acids is 5. The van der Waals surface area contributed by atoms with Gasteiger partial charge in [0.15, 0.2) is 18.5 Å². The topological polar surface area (TPSA) is 184 Å². The van der Waals surface area contributed by atoms with Gasteiger partial charge in [0.1, 0.15) is 18.5 Å². The van der Waals surface area contributed by atoms with E-state index in [2.05, 4.69) is 0 Å². The first-order valence-electron chi connectivity index (χ1n) is 10.1. The summed E-state index contributed by atoms with van der Waals surface area (Å²) in [6.45, 7) is 3.83. The predicted molar refractivity (Wildman–Crippen MR) is 111 cm³/mol. The Morgan fingerprint density at radius 2 is 1.51 bits per heavy atom. The first-order valence-corrected chi connectivity index (χ1v) is 10.1. The van der Waals surface area contributed by atoms with Crippen LogP contribution in [0.25, 0.3) is 0 Å². The first-order chi connectivity index (χ1) is 16.4. The fourth-order valence-corrected chi connectivity index (χ4v) is 3.26. The van der Waals surface area contributed by atoms with Crippen LogP contribution in [0.15, 0.2) is 18.2 Å². The van der Waals surface area contributed by atoms with E-state index in [4.69, 9.17) is 28.4 Å². The van der Waals surface area contributed by atoms with E-state index in [0.717, 1.165) is 45.9 Å². The van der Waals surface area contributed by atoms with Gasteiger partial charge in [0, 0.05) is 39.8 Å². The molecule has 14 heteroatoms. The molecule has 0 bridgehead atoms. The monoisotopic (exact) mass is 497 g/mol. The molecule has 1 aliphatic rings. The number of hydrogen-bond acceptors (Lipinski definition) is 13. The van der Waals surface area contributed by atoms with Crippen LogP contribution in [0.1, 0.15) is 38.1 Å². The van der Waals surface area contributed by atoms with E-state index >= 15 is 0 Å². The van der Waals surface area contributed by atoms with E-state index in [0.29, 0.717) is 6.29 Å². The zero-order chi connectivity index (χ0) is 26.3. The van der Waals surface area contributed by atoms with Gasteiger partial charge >= 0.3 is 23.9 Å². The maximum atomic E-state index is 11.8. The molecular weight excluding hydrogens is 474 g/mol. The van der Waals surface area contributed by atoms with E-state index in [9.17, 15) is 34.1 Å². The standard InChI is InChI=1S/C21H23NO13/c1-10(24)30-9-17-18(31-11(2)25)19(32-12(3)26)20(33-13(4)27)21(35-17)34-16-6-5-15(22(28)29)7-14(16)8-23/h5-8,17-21H,9H2,1-4H3/t17?,18-,19?,20?,21+/m0/s1. The number of nitro benzene ring substituents is 1. The molecule has 0 saturated carbocycles. The first kappa shape index (κ1) is 27.2. The van der Waals surface area contributed by atoms with Gasteiger partial charge in [0.25, 0.3) is 5.69 Å². The summed E-state index contributed by atoms with van der Waals surface area (Å²) in [7, 11) is 0. The van der Waals surface area contributed by atoms with Crippen LogP contribution in [0.4, 0.5) is 5.69 Å². The molecule has 1 aromatic rings. The minimum Gasteiger partial charge on any atom is -0.463 e. The Labute approximate surface area is 198 Å². The minimum atomic E-state index is -1.59. The molecule has 1 fully saturated rings. The van der Waals surface area contributed by atoms with Crippen molar-refractivity contribution in [1.82, 2.24) is 0 Å². The SMILES string of the molecule is CC(=O)OCC1O[C@@H](Oc2ccc([N+](=O)[O-])cc2C=O)C(OC(C)=O)C(OC(C)=O)[C@H]1OC(C)=O. The molecule has 0 spiro atoms. The van der Waals surface area contributed by atoms with Gasteiger partial charge in [-0.05, 0) is 6.07 Å². The Kier molecular flexibility index (Phi) is 9.22. The Morgan fingerprint density at radius 3 is 2.03 bits per heavy atom. The third kappa shape index (κ3) is 7.46. The van der Waals surface area contributed by atoms with Gasteiger partial charge in [-0.3, -0.25) is 34.1 Å². The van der Waals surface area contributed by atoms with Crippen molar-refractivity contribution in [1.29, 1.82) is 0 Å². The summed E-state index contributed by atoms with van der Waals surface area (Å²) in [6, 6.07) is 3.14. The summed E-state index contributed by atoms with van der Waals surface area (Å²) in [5, 5.41) is 11.0. The zero-order valence-electron chi connectivity index (χ0n) is 19.2. The Hall–Kier alpha value is -4.07. The lowest BCUT2D eigenvalue weighted by atomic mass is 9.98. The van der Waals surface area contributed by atoms with E-state index in [1.807, 2.05) is 0 Å². The molecule has 0 aliphatic carbocycles. The van der Waals surface area contributed by atoms with E-state index in [-0.39, 0.29) is 17.0 Å². The Bertz CT molecular complexity index is 1010. The van der Waals surface area contributed by atoms with Crippen LogP contribution in [-0.4, -0.2) is 72.4 Å². The normalized spacial score (nSPS) is 23.4. The molecular formula is C21H23NO13. The van der Waals surface area contributed by atoms with Crippen molar-refractivity contribution in [3.8, 4) is 5.75 Å². The number of hydrogen-bond donors (Lipinski definition) is 0. The van der Waals surface area contributed by atoms with Crippen LogP contribution < -0.4 is 4.74 Å². The van der Waals surface area contributed by atoms with Crippen molar-refractivity contribution in [3.63, 3.8) is 0 Å². The van der Waals surface area contributed by atoms with E-state index in [1.54, 1.807) is 0 Å². The number of rotatable bonds is 9. The van der Waals surface area contributed by atoms with Gasteiger partial charge in [0.05, 0.1) is 10.5 Å². The number of nitro groups is 1. The summed E-state index contributed by atoms with van der Waals surface area (Å²) in [4.78, 5) is 68.6. The lowest BCUT2D eigenvalue weighted by Crippen LogP contribution is -2.63. The van der Waals surface area contributed by atoms with Gasteiger partial charge in [-0.25, -0.2) is 0 Å². The van der Waals surface area contributed by atoms with Crippen molar-refractivity contribution in [2.24, 2.45) is 0 Å². The van der Waals surface area contributed by atoms with E-state index in [1.165, 1.54) is 0 Å². The van der Waals surface area contributed by atoms with Crippen molar-refractivity contribution in [2.45, 2.75) is 58.4 Å². The van der Waals surface area contributed by atoms with Crippen LogP contribution in [-0.2, 0) is 42.9 Å². The molecule has 190 valence electrons. The summed E-state index contributed by atoms with van der Waals surface area (Å²) >= 11 is 0. The number of carbonyl (C=O) groups is 5. The number of esters is 4. The highest BCUT2D eigenvalue weighted by Crippen LogP contribution is 2.32. The van der Waals surface area contributed by atoms with Gasteiger partial charge in [0.2, 0.25) is 12.4 Å². The molecule has 3 unspecified atom stereocenters. The molecule has 0 N–H and O–H groups in total. The van der Waals surface area contributed by atoms with Gasteiger partial charge in [-0.2, -0.15) is 0 Å². The summed E-state index contributed by atoms with van der Waals surface area (Å²) in [5.74, 6) is -3.36. The Balaban J connectivity index is 2.53. The molecule has 1 aromatic carbocycles. The lowest BCUT2D eigenvalue weighted by Gasteiger charge is -2.44. The number of benzene rings is 1. The molecule has 5 atom stereocenters. The molecule has 1 aliphatic heterocycles. The third-order valence-electron chi connectivity index (χ3n) is 4.52. The molecule has 0 radical (unpaired) electrons. The third-order valence-corrected chi connectivity index (χ3v) is 4.52. The predicted octanol–water partition coefficient (Wildman–Crippen LogP) is 0.869. The second kappa shape index (κ2) is 11.9. The molecule has 1 saturated heterocycles. The van der Waals surface area contributed by atoms with Crippen molar-refractivity contribution in [2.75, 3.05) is 6.61 Å². The van der Waals surface area contributed by atoms with Crippen LogP contribution in [0.3, 0.4) is 0 Å². The molecule has 0 amide bonds. The van der Waals surface area contributed by atoms with Crippen molar-refractivity contribution < 1.29 is 57.3 Å². The number of ether oxygens (including phenoxy) is 6. The summed E-state index contributed by atoms with van der Waals surface area (Å²) < 4.78 is 32.2. The molecule has 0 aromatic heterocycles. The summed E-state index contributed by atoms with van der Waals surface area (Å²) in [5.41, 5.74) is -0.618. The largest absolute Gasteiger partial charge is 0.463 e. The van der Waals surface area contributed by atoms with Crippen LogP contribution in [0.5, 0.6) is 5.75 Å². The van der Waals surface area contributed by atoms with Gasteiger partial charge < -0.3 is 28.4 Å². The van der Waals surface area contributed by atoms with Gasteiger partial charge in [-0.15, -0.1) is 0 Å². The quantitative estimate of drug-likeness (QED) is 0.154. The van der Waals surface area contributed by atoms with Crippen molar-refractivity contribution in [3.05, 3.63) is 33.9 Å². The second-order valence-electron chi connectivity index (χ2n) is 7.28. The maximum Gasteiger partial charge on any atom is 0.303 e. The highest BCUT2D eigenvalue weighted by molar-refractivity contribution is 5.80. The number of aldehydes is 1.